The van der Waals surface area contributed by atoms with Gasteiger partial charge in [0.25, 0.3) is 0 Å². The van der Waals surface area contributed by atoms with Gasteiger partial charge in [0.1, 0.15) is 11.3 Å². The molecule has 0 radical (unpaired) electrons. The Morgan fingerprint density at radius 1 is 1.12 bits per heavy atom. The second-order valence-electron chi connectivity index (χ2n) is 5.79. The highest BCUT2D eigenvalue weighted by Gasteiger charge is 2.20. The first kappa shape index (κ1) is 16.5. The van der Waals surface area contributed by atoms with Crippen molar-refractivity contribution in [2.45, 2.75) is 17.9 Å². The van der Waals surface area contributed by atoms with Gasteiger partial charge in [-0.15, -0.1) is 0 Å². The van der Waals surface area contributed by atoms with Crippen molar-refractivity contribution >= 4 is 20.7 Å². The number of hydrogen-bond acceptors (Lipinski definition) is 4. The van der Waals surface area contributed by atoms with Crippen LogP contribution >= 0.6 is 0 Å². The largest absolute Gasteiger partial charge is 0.324 e. The number of pyridine rings is 1. The molecular formula is C18H17FN2O2S. The van der Waals surface area contributed by atoms with Gasteiger partial charge in [-0.05, 0) is 30.7 Å². The fourth-order valence-electron chi connectivity index (χ4n) is 2.73. The molecular weight excluding hydrogens is 327 g/mol. The van der Waals surface area contributed by atoms with Crippen LogP contribution in [0.3, 0.4) is 0 Å². The van der Waals surface area contributed by atoms with Crippen molar-refractivity contribution in [1.82, 2.24) is 4.98 Å². The number of sulfone groups is 1. The van der Waals surface area contributed by atoms with Crippen LogP contribution in [0.5, 0.6) is 0 Å². The molecule has 0 unspecified atom stereocenters. The van der Waals surface area contributed by atoms with E-state index in [1.54, 1.807) is 43.3 Å². The lowest BCUT2D eigenvalue weighted by molar-refractivity contribution is 0.602. The summed E-state index contributed by atoms with van der Waals surface area (Å²) in [5, 5.41) is 0.628. The molecule has 3 aromatic rings. The van der Waals surface area contributed by atoms with Crippen molar-refractivity contribution < 1.29 is 12.8 Å². The molecule has 24 heavy (non-hydrogen) atoms. The summed E-state index contributed by atoms with van der Waals surface area (Å²) in [4.78, 5) is 4.57. The van der Waals surface area contributed by atoms with Crippen LogP contribution in [-0.4, -0.2) is 19.7 Å². The summed E-state index contributed by atoms with van der Waals surface area (Å²) in [6.07, 6.45) is 1.14. The smallest absolute Gasteiger partial charge is 0.176 e. The predicted molar refractivity (Wildman–Crippen MR) is 92.8 cm³/mol. The topological polar surface area (TPSA) is 73.0 Å². The van der Waals surface area contributed by atoms with Crippen molar-refractivity contribution in [3.05, 3.63) is 59.9 Å². The zero-order chi connectivity index (χ0) is 17.5. The van der Waals surface area contributed by atoms with Crippen LogP contribution in [0.15, 0.2) is 53.4 Å². The summed E-state index contributed by atoms with van der Waals surface area (Å²) in [5.74, 6) is -0.457. The van der Waals surface area contributed by atoms with E-state index >= 15 is 0 Å². The first-order chi connectivity index (χ1) is 11.3. The summed E-state index contributed by atoms with van der Waals surface area (Å²) in [5.41, 5.74) is 7.74. The van der Waals surface area contributed by atoms with Gasteiger partial charge in [-0.3, -0.25) is 0 Å². The van der Waals surface area contributed by atoms with Gasteiger partial charge in [0.15, 0.2) is 9.84 Å². The number of aromatic nitrogens is 1. The quantitative estimate of drug-likeness (QED) is 0.790. The van der Waals surface area contributed by atoms with Crippen LogP contribution in [0.2, 0.25) is 0 Å². The Bertz CT molecular complexity index is 1030. The molecule has 0 saturated carbocycles. The number of fused-ring (bicyclic) bond motifs is 1. The average Bonchev–Trinajstić information content (AvgIpc) is 2.53. The Kier molecular flexibility index (Phi) is 4.11. The van der Waals surface area contributed by atoms with Crippen molar-refractivity contribution in [1.29, 1.82) is 0 Å². The van der Waals surface area contributed by atoms with E-state index in [0.29, 0.717) is 22.2 Å². The molecule has 0 saturated heterocycles. The molecule has 0 fully saturated rings. The standard InChI is InChI=1S/C18H17FN2O2S/c1-11(20)14-10-12-6-5-8-15(19)17(12)21-18(14)13-7-3-4-9-16(13)24(2,22)23/h3-11H,20H2,1-2H3/t11-/m0/s1. The Morgan fingerprint density at radius 3 is 2.50 bits per heavy atom. The van der Waals surface area contributed by atoms with E-state index in [9.17, 15) is 12.8 Å². The molecule has 124 valence electrons. The van der Waals surface area contributed by atoms with Crippen molar-refractivity contribution in [2.24, 2.45) is 5.73 Å². The second-order valence-corrected chi connectivity index (χ2v) is 7.78. The molecule has 0 spiro atoms. The lowest BCUT2D eigenvalue weighted by Crippen LogP contribution is -2.10. The van der Waals surface area contributed by atoms with Gasteiger partial charge in [-0.25, -0.2) is 17.8 Å². The van der Waals surface area contributed by atoms with Crippen LogP contribution in [0.4, 0.5) is 4.39 Å². The first-order valence-corrected chi connectivity index (χ1v) is 9.32. The van der Waals surface area contributed by atoms with Crippen molar-refractivity contribution in [3.8, 4) is 11.3 Å². The Morgan fingerprint density at radius 2 is 1.83 bits per heavy atom. The number of hydrogen-bond donors (Lipinski definition) is 1. The molecule has 0 bridgehead atoms. The first-order valence-electron chi connectivity index (χ1n) is 7.43. The van der Waals surface area contributed by atoms with E-state index in [2.05, 4.69) is 4.98 Å². The molecule has 2 N–H and O–H groups in total. The van der Waals surface area contributed by atoms with E-state index in [0.717, 1.165) is 6.26 Å². The SMILES string of the molecule is C[C@H](N)c1cc2cccc(F)c2nc1-c1ccccc1S(C)(=O)=O. The lowest BCUT2D eigenvalue weighted by atomic mass is 9.99. The van der Waals surface area contributed by atoms with Gasteiger partial charge in [0.2, 0.25) is 0 Å². The third-order valence-electron chi connectivity index (χ3n) is 3.86. The number of nitrogens with zero attached hydrogens (tertiary/aromatic N) is 1. The molecule has 3 rings (SSSR count). The third-order valence-corrected chi connectivity index (χ3v) is 5.01. The molecule has 0 aliphatic carbocycles. The summed E-state index contributed by atoms with van der Waals surface area (Å²) in [6.45, 7) is 1.79. The average molecular weight is 344 g/mol. The third kappa shape index (κ3) is 2.90. The zero-order valence-electron chi connectivity index (χ0n) is 13.3. The minimum absolute atomic E-state index is 0.148. The van der Waals surface area contributed by atoms with Crippen LogP contribution < -0.4 is 5.73 Å². The molecule has 0 aliphatic heterocycles. The van der Waals surface area contributed by atoms with Gasteiger partial charge in [0, 0.05) is 23.2 Å². The van der Waals surface area contributed by atoms with Crippen LogP contribution in [0, 0.1) is 5.82 Å². The monoisotopic (exact) mass is 344 g/mol. The van der Waals surface area contributed by atoms with E-state index < -0.39 is 15.7 Å². The van der Waals surface area contributed by atoms with Crippen molar-refractivity contribution in [3.63, 3.8) is 0 Å². The van der Waals surface area contributed by atoms with E-state index in [1.165, 1.54) is 12.1 Å². The molecule has 2 aromatic carbocycles. The van der Waals surface area contributed by atoms with E-state index in [4.69, 9.17) is 5.73 Å². The Hall–Kier alpha value is -2.31. The number of para-hydroxylation sites is 1. The molecule has 1 aromatic heterocycles. The van der Waals surface area contributed by atoms with E-state index in [-0.39, 0.29) is 16.5 Å². The highest BCUT2D eigenvalue weighted by molar-refractivity contribution is 7.90. The van der Waals surface area contributed by atoms with Gasteiger partial charge < -0.3 is 5.73 Å². The fraction of sp³-hybridized carbons (Fsp3) is 0.167. The maximum Gasteiger partial charge on any atom is 0.176 e. The maximum atomic E-state index is 14.1. The Balaban J connectivity index is 2.42. The van der Waals surface area contributed by atoms with E-state index in [1.807, 2.05) is 0 Å². The lowest BCUT2D eigenvalue weighted by Gasteiger charge is -2.16. The minimum Gasteiger partial charge on any atom is -0.324 e. The summed E-state index contributed by atoms with van der Waals surface area (Å²) in [7, 11) is -3.46. The molecule has 0 aliphatic rings. The number of nitrogens with two attached hydrogens (primary N) is 1. The molecule has 4 nitrogen and oxygen atoms in total. The fourth-order valence-corrected chi connectivity index (χ4v) is 3.62. The number of benzene rings is 2. The highest BCUT2D eigenvalue weighted by atomic mass is 32.2. The molecule has 6 heteroatoms. The van der Waals surface area contributed by atoms with Crippen LogP contribution in [0.25, 0.3) is 22.2 Å². The van der Waals surface area contributed by atoms with Gasteiger partial charge in [0.05, 0.1) is 10.6 Å². The van der Waals surface area contributed by atoms with Gasteiger partial charge in [-0.2, -0.15) is 0 Å². The molecule has 0 amide bonds. The summed E-state index contributed by atoms with van der Waals surface area (Å²) < 4.78 is 38.3. The predicted octanol–water partition coefficient (Wildman–Crippen LogP) is 3.46. The molecule has 1 heterocycles. The zero-order valence-corrected chi connectivity index (χ0v) is 14.1. The molecule has 1 atom stereocenters. The van der Waals surface area contributed by atoms with Gasteiger partial charge >= 0.3 is 0 Å². The number of halogens is 1. The highest BCUT2D eigenvalue weighted by Crippen LogP contribution is 2.33. The van der Waals surface area contributed by atoms with Crippen LogP contribution in [0.1, 0.15) is 18.5 Å². The maximum absolute atomic E-state index is 14.1. The van der Waals surface area contributed by atoms with Gasteiger partial charge in [-0.1, -0.05) is 30.3 Å². The normalized spacial score (nSPS) is 13.2. The van der Waals surface area contributed by atoms with Crippen LogP contribution in [-0.2, 0) is 9.84 Å². The minimum atomic E-state index is -3.46. The number of rotatable bonds is 3. The summed E-state index contributed by atoms with van der Waals surface area (Å²) in [6, 6.07) is 12.6. The Labute approximate surface area is 140 Å². The summed E-state index contributed by atoms with van der Waals surface area (Å²) >= 11 is 0. The second kappa shape index (κ2) is 5.96. The van der Waals surface area contributed by atoms with Crippen molar-refractivity contribution in [2.75, 3.05) is 6.26 Å².